The molecule has 156 valence electrons. The third kappa shape index (κ3) is 5.21. The summed E-state index contributed by atoms with van der Waals surface area (Å²) in [5.74, 6) is 0.861. The second-order valence-corrected chi connectivity index (χ2v) is 8.33. The van der Waals surface area contributed by atoms with Gasteiger partial charge in [0.1, 0.15) is 5.76 Å². The number of rotatable bonds is 7. The van der Waals surface area contributed by atoms with E-state index in [2.05, 4.69) is 12.1 Å². The summed E-state index contributed by atoms with van der Waals surface area (Å²) in [6.45, 7) is 6.42. The molecule has 0 N–H and O–H groups in total. The van der Waals surface area contributed by atoms with Crippen molar-refractivity contribution in [2.45, 2.75) is 63.1 Å². The van der Waals surface area contributed by atoms with Crippen molar-refractivity contribution in [2.75, 3.05) is 13.2 Å². The SMILES string of the molecule is CC[C@@H]1CCCCN1C(=O)COC(=O)c1ccccc1SCc1c(C)noc1C. The van der Waals surface area contributed by atoms with Gasteiger partial charge in [-0.05, 0) is 51.7 Å². The number of likely N-dealkylation sites (tertiary alicyclic amines) is 1. The van der Waals surface area contributed by atoms with Gasteiger partial charge in [-0.25, -0.2) is 4.79 Å². The molecule has 3 rings (SSSR count). The number of benzene rings is 1. The average Bonchev–Trinajstić information content (AvgIpc) is 3.07. The van der Waals surface area contributed by atoms with Crippen LogP contribution in [0.1, 0.15) is 60.0 Å². The molecule has 1 aromatic heterocycles. The minimum absolute atomic E-state index is 0.106. The summed E-state index contributed by atoms with van der Waals surface area (Å²) in [4.78, 5) is 27.9. The summed E-state index contributed by atoms with van der Waals surface area (Å²) in [6, 6.07) is 7.57. The van der Waals surface area contributed by atoms with E-state index in [0.717, 1.165) is 54.1 Å². The number of piperidine rings is 1. The molecule has 0 unspecified atom stereocenters. The molecule has 1 aliphatic heterocycles. The maximum Gasteiger partial charge on any atom is 0.339 e. The first-order chi connectivity index (χ1) is 14.0. The molecule has 7 heteroatoms. The standard InChI is InChI=1S/C22H28N2O4S/c1-4-17-9-7-8-12-24(17)21(25)13-27-22(26)18-10-5-6-11-20(18)29-14-19-15(2)23-28-16(19)3/h5-6,10-11,17H,4,7-9,12-14H2,1-3H3/t17-/m1/s1. The molecule has 1 aliphatic rings. The Hall–Kier alpha value is -2.28. The van der Waals surface area contributed by atoms with Gasteiger partial charge >= 0.3 is 5.97 Å². The third-order valence-electron chi connectivity index (χ3n) is 5.41. The van der Waals surface area contributed by atoms with E-state index in [1.165, 1.54) is 11.8 Å². The van der Waals surface area contributed by atoms with Gasteiger partial charge in [-0.15, -0.1) is 11.8 Å². The summed E-state index contributed by atoms with van der Waals surface area (Å²) in [5.41, 5.74) is 2.36. The predicted molar refractivity (Wildman–Crippen MR) is 112 cm³/mol. The first-order valence-corrected chi connectivity index (χ1v) is 11.1. The molecule has 0 saturated carbocycles. The Balaban J connectivity index is 1.61. The molecule has 2 heterocycles. The first-order valence-electron chi connectivity index (χ1n) is 10.1. The monoisotopic (exact) mass is 416 g/mol. The fourth-order valence-electron chi connectivity index (χ4n) is 3.66. The molecular weight excluding hydrogens is 388 g/mol. The second-order valence-electron chi connectivity index (χ2n) is 7.31. The maximum absolute atomic E-state index is 12.7. The Bertz CT molecular complexity index is 845. The zero-order valence-corrected chi connectivity index (χ0v) is 18.1. The molecule has 0 bridgehead atoms. The van der Waals surface area contributed by atoms with E-state index in [0.29, 0.717) is 11.3 Å². The smallest absolute Gasteiger partial charge is 0.339 e. The molecule has 1 atom stereocenters. The van der Waals surface area contributed by atoms with E-state index in [-0.39, 0.29) is 18.6 Å². The van der Waals surface area contributed by atoms with Crippen molar-refractivity contribution in [1.29, 1.82) is 0 Å². The van der Waals surface area contributed by atoms with Crippen LogP contribution in [0, 0.1) is 13.8 Å². The molecule has 1 fully saturated rings. The molecule has 0 radical (unpaired) electrons. The molecule has 6 nitrogen and oxygen atoms in total. The van der Waals surface area contributed by atoms with Gasteiger partial charge in [0.05, 0.1) is 11.3 Å². The van der Waals surface area contributed by atoms with Crippen molar-refractivity contribution in [2.24, 2.45) is 0 Å². The van der Waals surface area contributed by atoms with E-state index in [9.17, 15) is 9.59 Å². The number of nitrogens with zero attached hydrogens (tertiary/aromatic N) is 2. The Kier molecular flexibility index (Phi) is 7.36. The van der Waals surface area contributed by atoms with Crippen molar-refractivity contribution in [3.05, 3.63) is 46.8 Å². The van der Waals surface area contributed by atoms with Gasteiger partial charge in [0.25, 0.3) is 5.91 Å². The quantitative estimate of drug-likeness (QED) is 0.488. The molecule has 2 aromatic rings. The number of ether oxygens (including phenoxy) is 1. The number of carbonyl (C=O) groups excluding carboxylic acids is 2. The highest BCUT2D eigenvalue weighted by Crippen LogP contribution is 2.29. The molecule has 0 spiro atoms. The van der Waals surface area contributed by atoms with E-state index in [1.807, 2.05) is 30.9 Å². The van der Waals surface area contributed by atoms with Gasteiger partial charge in [-0.2, -0.15) is 0 Å². The van der Waals surface area contributed by atoms with Crippen molar-refractivity contribution in [1.82, 2.24) is 10.1 Å². The lowest BCUT2D eigenvalue weighted by molar-refractivity contribution is -0.138. The largest absolute Gasteiger partial charge is 0.452 e. The molecule has 0 aliphatic carbocycles. The molecule has 1 amide bonds. The summed E-state index contributed by atoms with van der Waals surface area (Å²) < 4.78 is 10.6. The van der Waals surface area contributed by atoms with Crippen LogP contribution in [-0.2, 0) is 15.3 Å². The lowest BCUT2D eigenvalue weighted by Gasteiger charge is -2.35. The number of hydrogen-bond acceptors (Lipinski definition) is 6. The highest BCUT2D eigenvalue weighted by molar-refractivity contribution is 7.98. The number of aryl methyl sites for hydroxylation is 2. The Morgan fingerprint density at radius 2 is 2.07 bits per heavy atom. The molecular formula is C22H28N2O4S. The fraction of sp³-hybridized carbons (Fsp3) is 0.500. The highest BCUT2D eigenvalue weighted by atomic mass is 32.2. The topological polar surface area (TPSA) is 72.6 Å². The van der Waals surface area contributed by atoms with Gasteiger partial charge in [0.2, 0.25) is 0 Å². The first kappa shape index (κ1) is 21.4. The average molecular weight is 417 g/mol. The van der Waals surface area contributed by atoms with Crippen LogP contribution in [0.25, 0.3) is 0 Å². The van der Waals surface area contributed by atoms with Gasteiger partial charge in [-0.1, -0.05) is 24.2 Å². The fourth-order valence-corrected chi connectivity index (χ4v) is 4.85. The van der Waals surface area contributed by atoms with Gasteiger partial charge in [0, 0.05) is 28.8 Å². The van der Waals surface area contributed by atoms with Gasteiger partial charge < -0.3 is 14.2 Å². The molecule has 1 saturated heterocycles. The normalized spacial score (nSPS) is 16.7. The van der Waals surface area contributed by atoms with Crippen molar-refractivity contribution in [3.63, 3.8) is 0 Å². The predicted octanol–water partition coefficient (Wildman–Crippen LogP) is 4.53. The van der Waals surface area contributed by atoms with Gasteiger partial charge in [0.15, 0.2) is 6.61 Å². The van der Waals surface area contributed by atoms with Gasteiger partial charge in [-0.3, -0.25) is 4.79 Å². The summed E-state index contributed by atoms with van der Waals surface area (Å²) in [5, 5.41) is 3.97. The van der Waals surface area contributed by atoms with Crippen LogP contribution in [0.4, 0.5) is 0 Å². The molecule has 29 heavy (non-hydrogen) atoms. The summed E-state index contributed by atoms with van der Waals surface area (Å²) in [6.07, 6.45) is 4.12. The zero-order valence-electron chi connectivity index (χ0n) is 17.3. The number of aromatic nitrogens is 1. The minimum atomic E-state index is -0.467. The van der Waals surface area contributed by atoms with Crippen LogP contribution >= 0.6 is 11.8 Å². The number of amides is 1. The minimum Gasteiger partial charge on any atom is -0.452 e. The van der Waals surface area contributed by atoms with Crippen LogP contribution in [0.3, 0.4) is 0 Å². The van der Waals surface area contributed by atoms with E-state index in [1.54, 1.807) is 12.1 Å². The lowest BCUT2D eigenvalue weighted by atomic mass is 10.00. The summed E-state index contributed by atoms with van der Waals surface area (Å²) in [7, 11) is 0. The van der Waals surface area contributed by atoms with Crippen LogP contribution in [-0.4, -0.2) is 41.1 Å². The van der Waals surface area contributed by atoms with E-state index < -0.39 is 5.97 Å². The maximum atomic E-state index is 12.7. The molecule has 1 aromatic carbocycles. The Morgan fingerprint density at radius 3 is 2.79 bits per heavy atom. The summed E-state index contributed by atoms with van der Waals surface area (Å²) >= 11 is 1.53. The second kappa shape index (κ2) is 9.96. The van der Waals surface area contributed by atoms with Crippen molar-refractivity contribution < 1.29 is 18.8 Å². The van der Waals surface area contributed by atoms with Crippen molar-refractivity contribution >= 4 is 23.6 Å². The number of esters is 1. The Labute approximate surface area is 176 Å². The van der Waals surface area contributed by atoms with Crippen molar-refractivity contribution in [3.8, 4) is 0 Å². The van der Waals surface area contributed by atoms with Crippen LogP contribution < -0.4 is 0 Å². The number of thioether (sulfide) groups is 1. The Morgan fingerprint density at radius 1 is 1.28 bits per heavy atom. The number of carbonyl (C=O) groups is 2. The third-order valence-corrected chi connectivity index (χ3v) is 6.51. The number of hydrogen-bond donors (Lipinski definition) is 0. The lowest BCUT2D eigenvalue weighted by Crippen LogP contribution is -2.45. The van der Waals surface area contributed by atoms with E-state index >= 15 is 0 Å². The zero-order chi connectivity index (χ0) is 20.8. The van der Waals surface area contributed by atoms with E-state index in [4.69, 9.17) is 9.26 Å². The van der Waals surface area contributed by atoms with Crippen LogP contribution in [0.15, 0.2) is 33.7 Å². The van der Waals surface area contributed by atoms with Crippen LogP contribution in [0.2, 0.25) is 0 Å². The highest BCUT2D eigenvalue weighted by Gasteiger charge is 2.26. The van der Waals surface area contributed by atoms with Crippen LogP contribution in [0.5, 0.6) is 0 Å².